The van der Waals surface area contributed by atoms with Gasteiger partial charge in [0, 0.05) is 11.9 Å². The first-order valence-corrected chi connectivity index (χ1v) is 6.42. The lowest BCUT2D eigenvalue weighted by atomic mass is 10.0. The average Bonchev–Trinajstić information content (AvgIpc) is 2.38. The van der Waals surface area contributed by atoms with Gasteiger partial charge in [0.15, 0.2) is 0 Å². The molecule has 1 atom stereocenters. The van der Waals surface area contributed by atoms with Crippen LogP contribution in [0.1, 0.15) is 22.9 Å². The van der Waals surface area contributed by atoms with Crippen molar-refractivity contribution in [3.05, 3.63) is 57.8 Å². The van der Waals surface area contributed by atoms with Crippen LogP contribution in [0.3, 0.4) is 0 Å². The van der Waals surface area contributed by atoms with Gasteiger partial charge in [0.05, 0.1) is 17.6 Å². The number of nitrogens with two attached hydrogens (primary N) is 1. The summed E-state index contributed by atoms with van der Waals surface area (Å²) >= 11 is 3.46. The van der Waals surface area contributed by atoms with Gasteiger partial charge in [0.1, 0.15) is 5.75 Å². The zero-order valence-electron chi connectivity index (χ0n) is 10.4. The van der Waals surface area contributed by atoms with E-state index in [-0.39, 0.29) is 6.04 Å². The van der Waals surface area contributed by atoms with E-state index in [1.165, 1.54) is 0 Å². The number of hydrogen-bond acceptors (Lipinski definition) is 3. The molecule has 0 aliphatic carbocycles. The predicted octanol–water partition coefficient (Wildman–Crippen LogP) is 3.21. The van der Waals surface area contributed by atoms with E-state index in [1.54, 1.807) is 7.11 Å². The van der Waals surface area contributed by atoms with Gasteiger partial charge in [0.25, 0.3) is 0 Å². The van der Waals surface area contributed by atoms with Gasteiger partial charge in [-0.2, -0.15) is 0 Å². The topological polar surface area (TPSA) is 48.1 Å². The van der Waals surface area contributed by atoms with Crippen LogP contribution in [0.2, 0.25) is 0 Å². The Morgan fingerprint density at radius 3 is 2.50 bits per heavy atom. The number of aryl methyl sites for hydroxylation is 1. The fourth-order valence-corrected chi connectivity index (χ4v) is 2.29. The minimum atomic E-state index is -0.180. The van der Waals surface area contributed by atoms with Gasteiger partial charge in [-0.05, 0) is 52.2 Å². The van der Waals surface area contributed by atoms with Crippen molar-refractivity contribution >= 4 is 15.9 Å². The predicted molar refractivity (Wildman–Crippen MR) is 75.7 cm³/mol. The van der Waals surface area contributed by atoms with E-state index < -0.39 is 0 Å². The number of halogens is 1. The number of hydrogen-bond donors (Lipinski definition) is 1. The van der Waals surface area contributed by atoms with Crippen molar-refractivity contribution in [2.75, 3.05) is 7.11 Å². The molecule has 0 radical (unpaired) electrons. The fraction of sp³-hybridized carbons (Fsp3) is 0.214. The third kappa shape index (κ3) is 2.71. The largest absolute Gasteiger partial charge is 0.496 e. The van der Waals surface area contributed by atoms with Crippen LogP contribution in [0.25, 0.3) is 0 Å². The minimum absolute atomic E-state index is 0.180. The summed E-state index contributed by atoms with van der Waals surface area (Å²) in [6, 6.07) is 9.64. The Labute approximate surface area is 115 Å². The molecule has 2 N–H and O–H groups in total. The number of rotatable bonds is 3. The van der Waals surface area contributed by atoms with Crippen LogP contribution in [0.15, 0.2) is 41.0 Å². The molecule has 1 aromatic carbocycles. The van der Waals surface area contributed by atoms with E-state index in [0.29, 0.717) is 0 Å². The molecule has 18 heavy (non-hydrogen) atoms. The monoisotopic (exact) mass is 306 g/mol. The molecular weight excluding hydrogens is 292 g/mol. The van der Waals surface area contributed by atoms with E-state index >= 15 is 0 Å². The van der Waals surface area contributed by atoms with Crippen molar-refractivity contribution in [3.8, 4) is 5.75 Å². The van der Waals surface area contributed by atoms with E-state index in [4.69, 9.17) is 10.5 Å². The number of pyridine rings is 1. The maximum atomic E-state index is 6.23. The Morgan fingerprint density at radius 2 is 1.94 bits per heavy atom. The van der Waals surface area contributed by atoms with Crippen LogP contribution in [0.4, 0.5) is 0 Å². The second-order valence-electron chi connectivity index (χ2n) is 4.10. The van der Waals surface area contributed by atoms with Crippen LogP contribution in [0.5, 0.6) is 5.75 Å². The lowest BCUT2D eigenvalue weighted by Gasteiger charge is -2.14. The summed E-state index contributed by atoms with van der Waals surface area (Å²) in [6.45, 7) is 1.96. The second-order valence-corrected chi connectivity index (χ2v) is 4.96. The van der Waals surface area contributed by atoms with Gasteiger partial charge in [0.2, 0.25) is 0 Å². The Balaban J connectivity index is 2.31. The molecule has 0 saturated heterocycles. The van der Waals surface area contributed by atoms with Gasteiger partial charge in [-0.15, -0.1) is 0 Å². The summed E-state index contributed by atoms with van der Waals surface area (Å²) in [4.78, 5) is 4.27. The fourth-order valence-electron chi connectivity index (χ4n) is 1.73. The van der Waals surface area contributed by atoms with Gasteiger partial charge < -0.3 is 10.5 Å². The Bertz CT molecular complexity index is 540. The van der Waals surface area contributed by atoms with Crippen molar-refractivity contribution < 1.29 is 4.74 Å². The lowest BCUT2D eigenvalue weighted by Crippen LogP contribution is -2.12. The first-order valence-electron chi connectivity index (χ1n) is 5.63. The van der Waals surface area contributed by atoms with Crippen molar-refractivity contribution in [1.82, 2.24) is 4.98 Å². The molecule has 1 aromatic heterocycles. The van der Waals surface area contributed by atoms with Gasteiger partial charge in [-0.3, -0.25) is 4.98 Å². The molecule has 3 nitrogen and oxygen atoms in total. The average molecular weight is 307 g/mol. The van der Waals surface area contributed by atoms with E-state index in [1.807, 2.05) is 43.5 Å². The molecule has 0 saturated carbocycles. The summed E-state index contributed by atoms with van der Waals surface area (Å²) in [6.07, 6.45) is 1.82. The molecule has 0 aliphatic rings. The Kier molecular flexibility index (Phi) is 3.99. The van der Waals surface area contributed by atoms with Gasteiger partial charge >= 0.3 is 0 Å². The van der Waals surface area contributed by atoms with E-state index in [9.17, 15) is 0 Å². The molecule has 0 amide bonds. The highest BCUT2D eigenvalue weighted by Crippen LogP contribution is 2.29. The van der Waals surface area contributed by atoms with Crippen LogP contribution in [0, 0.1) is 6.92 Å². The third-order valence-corrected chi connectivity index (χ3v) is 3.45. The molecule has 2 rings (SSSR count). The van der Waals surface area contributed by atoms with Crippen molar-refractivity contribution in [2.24, 2.45) is 5.73 Å². The maximum Gasteiger partial charge on any atom is 0.133 e. The molecule has 2 aromatic rings. The highest BCUT2D eigenvalue weighted by Gasteiger charge is 2.11. The zero-order valence-corrected chi connectivity index (χ0v) is 11.9. The maximum absolute atomic E-state index is 6.23. The lowest BCUT2D eigenvalue weighted by molar-refractivity contribution is 0.412. The number of aromatic nitrogens is 1. The highest BCUT2D eigenvalue weighted by atomic mass is 79.9. The van der Waals surface area contributed by atoms with Crippen LogP contribution in [-0.2, 0) is 0 Å². The number of nitrogens with zero attached hydrogens (tertiary/aromatic N) is 1. The van der Waals surface area contributed by atoms with Crippen LogP contribution in [-0.4, -0.2) is 12.1 Å². The number of ether oxygens (including phenoxy) is 1. The summed E-state index contributed by atoms with van der Waals surface area (Å²) in [5.41, 5.74) is 9.23. The second kappa shape index (κ2) is 5.50. The summed E-state index contributed by atoms with van der Waals surface area (Å²) in [5.74, 6) is 0.799. The minimum Gasteiger partial charge on any atom is -0.496 e. The van der Waals surface area contributed by atoms with Crippen LogP contribution < -0.4 is 10.5 Å². The normalized spacial score (nSPS) is 12.2. The molecule has 0 fully saturated rings. The third-order valence-electron chi connectivity index (χ3n) is 2.83. The van der Waals surface area contributed by atoms with Crippen molar-refractivity contribution in [1.29, 1.82) is 0 Å². The number of benzene rings is 1. The SMILES string of the molecule is COc1ccc(C(N)c2ccc(C)nc2)cc1Br. The molecule has 1 heterocycles. The molecule has 1 unspecified atom stereocenters. The van der Waals surface area contributed by atoms with E-state index in [0.717, 1.165) is 27.0 Å². The van der Waals surface area contributed by atoms with Crippen LogP contribution >= 0.6 is 15.9 Å². The zero-order chi connectivity index (χ0) is 13.1. The Hall–Kier alpha value is -1.39. The first kappa shape index (κ1) is 13.1. The summed E-state index contributed by atoms with van der Waals surface area (Å²) < 4.78 is 6.10. The number of methoxy groups -OCH3 is 1. The molecule has 0 bridgehead atoms. The van der Waals surface area contributed by atoms with Gasteiger partial charge in [-0.1, -0.05) is 12.1 Å². The first-order chi connectivity index (χ1) is 8.61. The molecule has 4 heteroatoms. The van der Waals surface area contributed by atoms with Gasteiger partial charge in [-0.25, -0.2) is 0 Å². The van der Waals surface area contributed by atoms with Crippen molar-refractivity contribution in [2.45, 2.75) is 13.0 Å². The summed E-state index contributed by atoms with van der Waals surface area (Å²) in [7, 11) is 1.64. The van der Waals surface area contributed by atoms with E-state index in [2.05, 4.69) is 20.9 Å². The molecule has 0 aliphatic heterocycles. The summed E-state index contributed by atoms with van der Waals surface area (Å²) in [5, 5.41) is 0. The Morgan fingerprint density at radius 1 is 1.22 bits per heavy atom. The highest BCUT2D eigenvalue weighted by molar-refractivity contribution is 9.10. The molecular formula is C14H15BrN2O. The molecule has 94 valence electrons. The smallest absolute Gasteiger partial charge is 0.133 e. The molecule has 0 spiro atoms. The quantitative estimate of drug-likeness (QED) is 0.947. The van der Waals surface area contributed by atoms with Crippen molar-refractivity contribution in [3.63, 3.8) is 0 Å². The standard InChI is InChI=1S/C14H15BrN2O/c1-9-3-4-11(8-17-9)14(16)10-5-6-13(18-2)12(15)7-10/h3-8,14H,16H2,1-2H3.